The molecule has 0 saturated carbocycles. The highest BCUT2D eigenvalue weighted by molar-refractivity contribution is 9.11. The van der Waals surface area contributed by atoms with Crippen LogP contribution < -0.4 is 5.73 Å². The first-order chi connectivity index (χ1) is 9.59. The zero-order chi connectivity index (χ0) is 14.3. The molecule has 100 valence electrons. The summed E-state index contributed by atoms with van der Waals surface area (Å²) in [6.45, 7) is 2.01. The van der Waals surface area contributed by atoms with Crippen molar-refractivity contribution in [3.8, 4) is 11.3 Å². The van der Waals surface area contributed by atoms with Gasteiger partial charge in [0.1, 0.15) is 0 Å². The number of pyridine rings is 1. The van der Waals surface area contributed by atoms with Crippen LogP contribution in [0.4, 0.5) is 5.69 Å². The van der Waals surface area contributed by atoms with Crippen LogP contribution in [0.3, 0.4) is 0 Å². The zero-order valence-corrected chi connectivity index (χ0v) is 14.0. The molecule has 0 saturated heterocycles. The zero-order valence-electron chi connectivity index (χ0n) is 10.8. The molecule has 0 spiro atoms. The van der Waals surface area contributed by atoms with Crippen LogP contribution in [0.25, 0.3) is 22.2 Å². The number of aromatic nitrogens is 1. The average molecular weight is 392 g/mol. The predicted octanol–water partition coefficient (Wildman–Crippen LogP) is 5.32. The first-order valence-corrected chi connectivity index (χ1v) is 7.77. The molecule has 0 amide bonds. The highest BCUT2D eigenvalue weighted by Crippen LogP contribution is 2.38. The van der Waals surface area contributed by atoms with Crippen LogP contribution in [0, 0.1) is 6.92 Å². The van der Waals surface area contributed by atoms with Crippen molar-refractivity contribution < 1.29 is 0 Å². The van der Waals surface area contributed by atoms with E-state index in [0.29, 0.717) is 0 Å². The standard InChI is InChI=1S/C16H12Br2N2/c1-9-14(19)13-11(17)7-8-12(18)16(13)20-15(9)10-5-3-2-4-6-10/h2-8H,1H3,(H2,19,20). The molecule has 20 heavy (non-hydrogen) atoms. The maximum atomic E-state index is 6.34. The van der Waals surface area contributed by atoms with Crippen molar-refractivity contribution in [2.75, 3.05) is 5.73 Å². The van der Waals surface area contributed by atoms with E-state index in [9.17, 15) is 0 Å². The smallest absolute Gasteiger partial charge is 0.0883 e. The molecule has 2 aromatic carbocycles. The summed E-state index contributed by atoms with van der Waals surface area (Å²) in [6.07, 6.45) is 0. The van der Waals surface area contributed by atoms with Crippen molar-refractivity contribution >= 4 is 48.5 Å². The normalized spacial score (nSPS) is 10.9. The molecule has 0 aliphatic heterocycles. The number of benzene rings is 2. The molecule has 3 rings (SSSR count). The Labute approximate surface area is 134 Å². The Morgan fingerprint density at radius 2 is 1.60 bits per heavy atom. The second-order valence-corrected chi connectivity index (χ2v) is 6.33. The second-order valence-electron chi connectivity index (χ2n) is 4.62. The fraction of sp³-hybridized carbons (Fsp3) is 0.0625. The number of hydrogen-bond acceptors (Lipinski definition) is 2. The van der Waals surface area contributed by atoms with Gasteiger partial charge in [-0.3, -0.25) is 0 Å². The van der Waals surface area contributed by atoms with Gasteiger partial charge in [-0.1, -0.05) is 46.3 Å². The summed E-state index contributed by atoms with van der Waals surface area (Å²) in [5.74, 6) is 0. The van der Waals surface area contributed by atoms with Crippen molar-refractivity contribution in [3.63, 3.8) is 0 Å². The van der Waals surface area contributed by atoms with Gasteiger partial charge < -0.3 is 5.73 Å². The van der Waals surface area contributed by atoms with Crippen LogP contribution in [0.1, 0.15) is 5.56 Å². The molecule has 0 aliphatic rings. The number of nitrogens with two attached hydrogens (primary N) is 1. The van der Waals surface area contributed by atoms with Gasteiger partial charge in [0.25, 0.3) is 0 Å². The van der Waals surface area contributed by atoms with Gasteiger partial charge in [-0.05, 0) is 40.5 Å². The molecule has 0 unspecified atom stereocenters. The molecule has 0 aliphatic carbocycles. The van der Waals surface area contributed by atoms with Crippen LogP contribution in [-0.2, 0) is 0 Å². The quantitative estimate of drug-likeness (QED) is 0.609. The van der Waals surface area contributed by atoms with Crippen molar-refractivity contribution in [1.82, 2.24) is 4.98 Å². The van der Waals surface area contributed by atoms with Crippen LogP contribution in [0.15, 0.2) is 51.4 Å². The highest BCUT2D eigenvalue weighted by atomic mass is 79.9. The Balaban J connectivity index is 2.42. The minimum absolute atomic E-state index is 0.766. The van der Waals surface area contributed by atoms with Crippen molar-refractivity contribution in [3.05, 3.63) is 57.0 Å². The van der Waals surface area contributed by atoms with Crippen molar-refractivity contribution in [2.45, 2.75) is 6.92 Å². The molecule has 2 N–H and O–H groups in total. The van der Waals surface area contributed by atoms with E-state index < -0.39 is 0 Å². The first kappa shape index (κ1) is 13.6. The van der Waals surface area contributed by atoms with E-state index >= 15 is 0 Å². The lowest BCUT2D eigenvalue weighted by atomic mass is 10.0. The monoisotopic (exact) mass is 390 g/mol. The second kappa shape index (κ2) is 5.19. The molecular formula is C16H12Br2N2. The summed E-state index contributed by atoms with van der Waals surface area (Å²) in [4.78, 5) is 4.81. The molecule has 4 heteroatoms. The molecule has 1 aromatic heterocycles. The molecule has 3 aromatic rings. The van der Waals surface area contributed by atoms with Crippen molar-refractivity contribution in [1.29, 1.82) is 0 Å². The van der Waals surface area contributed by atoms with Gasteiger partial charge in [0, 0.05) is 25.6 Å². The Bertz CT molecular complexity index is 799. The van der Waals surface area contributed by atoms with E-state index in [-0.39, 0.29) is 0 Å². The third kappa shape index (κ3) is 2.13. The number of rotatable bonds is 1. The molecular weight excluding hydrogens is 380 g/mol. The fourth-order valence-electron chi connectivity index (χ4n) is 2.29. The number of nitrogens with zero attached hydrogens (tertiary/aromatic N) is 1. The van der Waals surface area contributed by atoms with Gasteiger partial charge in [-0.25, -0.2) is 4.98 Å². The topological polar surface area (TPSA) is 38.9 Å². The minimum Gasteiger partial charge on any atom is -0.398 e. The Kier molecular flexibility index (Phi) is 3.52. The summed E-state index contributed by atoms with van der Waals surface area (Å²) >= 11 is 7.11. The number of fused-ring (bicyclic) bond motifs is 1. The number of hydrogen-bond donors (Lipinski definition) is 1. The van der Waals surface area contributed by atoms with Crippen molar-refractivity contribution in [2.24, 2.45) is 0 Å². The average Bonchev–Trinajstić information content (AvgIpc) is 2.47. The molecule has 0 atom stereocenters. The van der Waals surface area contributed by atoms with E-state index in [4.69, 9.17) is 10.7 Å². The van der Waals surface area contributed by atoms with Gasteiger partial charge in [-0.2, -0.15) is 0 Å². The fourth-order valence-corrected chi connectivity index (χ4v) is 3.25. The Morgan fingerprint density at radius 3 is 2.30 bits per heavy atom. The third-order valence-electron chi connectivity index (χ3n) is 3.38. The predicted molar refractivity (Wildman–Crippen MR) is 91.7 cm³/mol. The highest BCUT2D eigenvalue weighted by Gasteiger charge is 2.14. The largest absolute Gasteiger partial charge is 0.398 e. The van der Waals surface area contributed by atoms with Gasteiger partial charge in [0.15, 0.2) is 0 Å². The summed E-state index contributed by atoms with van der Waals surface area (Å²) in [6, 6.07) is 14.1. The molecule has 0 radical (unpaired) electrons. The molecule has 1 heterocycles. The lowest BCUT2D eigenvalue weighted by molar-refractivity contribution is 1.32. The van der Waals surface area contributed by atoms with Gasteiger partial charge >= 0.3 is 0 Å². The summed E-state index contributed by atoms with van der Waals surface area (Å²) in [5.41, 5.74) is 11.0. The molecule has 0 fully saturated rings. The molecule has 2 nitrogen and oxygen atoms in total. The number of halogens is 2. The van der Waals surface area contributed by atoms with E-state index in [1.807, 2.05) is 49.4 Å². The summed E-state index contributed by atoms with van der Waals surface area (Å²) < 4.78 is 1.91. The van der Waals surface area contributed by atoms with Crippen LogP contribution >= 0.6 is 31.9 Å². The summed E-state index contributed by atoms with van der Waals surface area (Å²) in [7, 11) is 0. The van der Waals surface area contributed by atoms with Gasteiger partial charge in [0.05, 0.1) is 11.2 Å². The van der Waals surface area contributed by atoms with E-state index in [2.05, 4.69) is 31.9 Å². The number of anilines is 1. The van der Waals surface area contributed by atoms with Crippen LogP contribution in [0.5, 0.6) is 0 Å². The third-order valence-corrected chi connectivity index (χ3v) is 4.68. The lowest BCUT2D eigenvalue weighted by Crippen LogP contribution is -1.99. The Morgan fingerprint density at radius 1 is 0.950 bits per heavy atom. The van der Waals surface area contributed by atoms with E-state index in [1.54, 1.807) is 0 Å². The van der Waals surface area contributed by atoms with E-state index in [1.165, 1.54) is 0 Å². The first-order valence-electron chi connectivity index (χ1n) is 6.19. The molecule has 0 bridgehead atoms. The van der Waals surface area contributed by atoms with Crippen LogP contribution in [0.2, 0.25) is 0 Å². The Hall–Kier alpha value is -1.39. The summed E-state index contributed by atoms with van der Waals surface area (Å²) in [5, 5.41) is 0.955. The number of nitrogen functional groups attached to an aromatic ring is 1. The SMILES string of the molecule is Cc1c(-c2ccccc2)nc2c(Br)ccc(Br)c2c1N. The maximum Gasteiger partial charge on any atom is 0.0883 e. The van der Waals surface area contributed by atoms with Crippen LogP contribution in [-0.4, -0.2) is 4.98 Å². The van der Waals surface area contributed by atoms with Gasteiger partial charge in [0.2, 0.25) is 0 Å². The lowest BCUT2D eigenvalue weighted by Gasteiger charge is -2.13. The van der Waals surface area contributed by atoms with E-state index in [0.717, 1.165) is 42.4 Å². The maximum absolute atomic E-state index is 6.34. The minimum atomic E-state index is 0.766. The van der Waals surface area contributed by atoms with Gasteiger partial charge in [-0.15, -0.1) is 0 Å².